The van der Waals surface area contributed by atoms with E-state index in [1.54, 1.807) is 48.5 Å². The lowest BCUT2D eigenvalue weighted by Gasteiger charge is -1.82. The summed E-state index contributed by atoms with van der Waals surface area (Å²) in [5.74, 6) is 0.644. The molecule has 0 aromatic heterocycles. The molecule has 0 spiro atoms. The van der Waals surface area contributed by atoms with Crippen LogP contribution in [0.25, 0.3) is 0 Å². The Hall–Kier alpha value is -2.04. The lowest BCUT2D eigenvalue weighted by molar-refractivity contribution is -0.176. The van der Waals surface area contributed by atoms with Gasteiger partial charge in [-0.1, -0.05) is 36.4 Å². The summed E-state index contributed by atoms with van der Waals surface area (Å²) in [5.41, 5.74) is 0. The first-order chi connectivity index (χ1) is 7.79. The summed E-state index contributed by atoms with van der Waals surface area (Å²) in [7, 11) is 0. The molecular formula is C12H14O4. The monoisotopic (exact) mass is 222 g/mol. The molecule has 0 amide bonds. The highest BCUT2D eigenvalue weighted by atomic mass is 17.0. The van der Waals surface area contributed by atoms with Crippen LogP contribution in [0.5, 0.6) is 11.5 Å². The third-order valence-corrected chi connectivity index (χ3v) is 1.51. The van der Waals surface area contributed by atoms with Crippen LogP contribution in [0.15, 0.2) is 60.7 Å². The quantitative estimate of drug-likeness (QED) is 0.408. The van der Waals surface area contributed by atoms with Crippen LogP contribution in [0.1, 0.15) is 0 Å². The number of rotatable bonds is 0. The van der Waals surface area contributed by atoms with Crippen LogP contribution in [0.2, 0.25) is 0 Å². The first-order valence-electron chi connectivity index (χ1n) is 4.47. The summed E-state index contributed by atoms with van der Waals surface area (Å²) in [4.78, 5) is 0. The van der Waals surface area contributed by atoms with E-state index in [9.17, 15) is 0 Å². The first kappa shape index (κ1) is 14.0. The van der Waals surface area contributed by atoms with Gasteiger partial charge in [0.1, 0.15) is 11.5 Å². The molecule has 2 aromatic carbocycles. The van der Waals surface area contributed by atoms with E-state index in [4.69, 9.17) is 20.7 Å². The Bertz CT molecular complexity index is 310. The van der Waals surface area contributed by atoms with Crippen molar-refractivity contribution in [1.82, 2.24) is 0 Å². The van der Waals surface area contributed by atoms with Crippen molar-refractivity contribution in [1.29, 1.82) is 0 Å². The minimum absolute atomic E-state index is 0.322. The molecule has 0 unspecified atom stereocenters. The Morgan fingerprint density at radius 2 is 0.750 bits per heavy atom. The Kier molecular flexibility index (Phi) is 8.30. The molecule has 2 aromatic rings. The van der Waals surface area contributed by atoms with Gasteiger partial charge in [-0.15, -0.1) is 0 Å². The summed E-state index contributed by atoms with van der Waals surface area (Å²) in [6, 6.07) is 17.4. The molecule has 86 valence electrons. The van der Waals surface area contributed by atoms with E-state index < -0.39 is 0 Å². The third kappa shape index (κ3) is 7.37. The van der Waals surface area contributed by atoms with Gasteiger partial charge >= 0.3 is 0 Å². The number of hydrogen-bond acceptors (Lipinski definition) is 4. The molecule has 4 nitrogen and oxygen atoms in total. The van der Waals surface area contributed by atoms with E-state index in [-0.39, 0.29) is 0 Å². The molecule has 0 aliphatic heterocycles. The normalized spacial score (nSPS) is 7.88. The molecule has 0 radical (unpaired) electrons. The standard InChI is InChI=1S/2C6H6O.H2O2/c2*7-6-4-2-1-3-5-6;1-2/h2*1-5,7H;1-2H. The van der Waals surface area contributed by atoms with Gasteiger partial charge in [-0.25, -0.2) is 0 Å². The molecule has 0 fully saturated rings. The van der Waals surface area contributed by atoms with Crippen LogP contribution in [0.4, 0.5) is 0 Å². The molecule has 0 bridgehead atoms. The van der Waals surface area contributed by atoms with Crippen LogP contribution in [-0.4, -0.2) is 20.7 Å². The molecule has 2 rings (SSSR count). The molecule has 0 saturated carbocycles. The van der Waals surface area contributed by atoms with Crippen LogP contribution < -0.4 is 0 Å². The summed E-state index contributed by atoms with van der Waals surface area (Å²) >= 11 is 0. The molecule has 0 heterocycles. The fraction of sp³-hybridized carbons (Fsp3) is 0. The Balaban J connectivity index is 0.000000244. The van der Waals surface area contributed by atoms with Gasteiger partial charge in [0.05, 0.1) is 0 Å². The van der Waals surface area contributed by atoms with Crippen molar-refractivity contribution in [3.05, 3.63) is 60.7 Å². The zero-order valence-electron chi connectivity index (χ0n) is 8.56. The van der Waals surface area contributed by atoms with Gasteiger partial charge in [-0.05, 0) is 24.3 Å². The van der Waals surface area contributed by atoms with Gasteiger partial charge in [0.15, 0.2) is 0 Å². The second kappa shape index (κ2) is 9.51. The molecule has 16 heavy (non-hydrogen) atoms. The highest BCUT2D eigenvalue weighted by Gasteiger charge is 1.75. The van der Waals surface area contributed by atoms with Crippen LogP contribution in [0, 0.1) is 0 Å². The Morgan fingerprint density at radius 1 is 0.500 bits per heavy atom. The number of para-hydroxylation sites is 2. The predicted molar refractivity (Wildman–Crippen MR) is 61.5 cm³/mol. The van der Waals surface area contributed by atoms with E-state index in [2.05, 4.69) is 0 Å². The fourth-order valence-electron chi connectivity index (χ4n) is 0.856. The summed E-state index contributed by atoms with van der Waals surface area (Å²) in [6.45, 7) is 0. The second-order valence-corrected chi connectivity index (χ2v) is 2.67. The second-order valence-electron chi connectivity index (χ2n) is 2.67. The number of aromatic hydroxyl groups is 2. The number of benzene rings is 2. The largest absolute Gasteiger partial charge is 0.508 e. The van der Waals surface area contributed by atoms with Gasteiger partial charge in [0, 0.05) is 0 Å². The lowest BCUT2D eigenvalue weighted by Crippen LogP contribution is -1.56. The highest BCUT2D eigenvalue weighted by molar-refractivity contribution is 5.19. The van der Waals surface area contributed by atoms with E-state index in [1.807, 2.05) is 12.1 Å². The summed E-state index contributed by atoms with van der Waals surface area (Å²) in [6.07, 6.45) is 0. The Morgan fingerprint density at radius 3 is 0.875 bits per heavy atom. The molecule has 0 aliphatic carbocycles. The number of phenols is 2. The van der Waals surface area contributed by atoms with E-state index in [0.29, 0.717) is 11.5 Å². The van der Waals surface area contributed by atoms with E-state index in [0.717, 1.165) is 0 Å². The van der Waals surface area contributed by atoms with Gasteiger partial charge in [0.25, 0.3) is 0 Å². The predicted octanol–water partition coefficient (Wildman–Crippen LogP) is 2.80. The average Bonchev–Trinajstić information content (AvgIpc) is 2.34. The van der Waals surface area contributed by atoms with Gasteiger partial charge in [0.2, 0.25) is 0 Å². The van der Waals surface area contributed by atoms with Gasteiger partial charge in [-0.3, -0.25) is 10.5 Å². The van der Waals surface area contributed by atoms with Crippen molar-refractivity contribution in [2.24, 2.45) is 0 Å². The minimum atomic E-state index is 0.322. The van der Waals surface area contributed by atoms with Gasteiger partial charge in [-0.2, -0.15) is 0 Å². The topological polar surface area (TPSA) is 80.9 Å². The number of phenolic OH excluding ortho intramolecular Hbond substituents is 2. The maximum absolute atomic E-state index is 8.63. The van der Waals surface area contributed by atoms with Crippen molar-refractivity contribution in [3.63, 3.8) is 0 Å². The summed E-state index contributed by atoms with van der Waals surface area (Å²) in [5, 5.41) is 29.3. The van der Waals surface area contributed by atoms with Crippen molar-refractivity contribution in [2.45, 2.75) is 0 Å². The third-order valence-electron chi connectivity index (χ3n) is 1.51. The lowest BCUT2D eigenvalue weighted by atomic mass is 10.3. The first-order valence-corrected chi connectivity index (χ1v) is 4.47. The maximum Gasteiger partial charge on any atom is 0.115 e. The van der Waals surface area contributed by atoms with E-state index in [1.165, 1.54) is 0 Å². The van der Waals surface area contributed by atoms with Crippen LogP contribution in [0.3, 0.4) is 0 Å². The van der Waals surface area contributed by atoms with Crippen LogP contribution in [-0.2, 0) is 0 Å². The highest BCUT2D eigenvalue weighted by Crippen LogP contribution is 2.03. The molecule has 0 aliphatic rings. The molecule has 0 atom stereocenters. The zero-order chi connectivity index (χ0) is 12.2. The smallest absolute Gasteiger partial charge is 0.115 e. The van der Waals surface area contributed by atoms with E-state index >= 15 is 0 Å². The van der Waals surface area contributed by atoms with Crippen LogP contribution >= 0.6 is 0 Å². The fourth-order valence-corrected chi connectivity index (χ4v) is 0.856. The molecule has 4 heteroatoms. The molecular weight excluding hydrogens is 208 g/mol. The maximum atomic E-state index is 8.63. The van der Waals surface area contributed by atoms with Crippen molar-refractivity contribution in [2.75, 3.05) is 0 Å². The van der Waals surface area contributed by atoms with Crippen molar-refractivity contribution >= 4 is 0 Å². The summed E-state index contributed by atoms with van der Waals surface area (Å²) < 4.78 is 0. The molecule has 4 N–H and O–H groups in total. The van der Waals surface area contributed by atoms with Gasteiger partial charge < -0.3 is 10.2 Å². The number of hydrogen-bond donors (Lipinski definition) is 4. The minimum Gasteiger partial charge on any atom is -0.508 e. The SMILES string of the molecule is OO.Oc1ccccc1.Oc1ccccc1. The van der Waals surface area contributed by atoms with Crippen molar-refractivity contribution in [3.8, 4) is 11.5 Å². The average molecular weight is 222 g/mol. The molecule has 0 saturated heterocycles. The zero-order valence-corrected chi connectivity index (χ0v) is 8.56. The Labute approximate surface area is 93.6 Å². The van der Waals surface area contributed by atoms with Crippen molar-refractivity contribution < 1.29 is 20.7 Å².